The van der Waals surface area contributed by atoms with E-state index in [-0.39, 0.29) is 0 Å². The Morgan fingerprint density at radius 2 is 2.00 bits per heavy atom. The third-order valence-corrected chi connectivity index (χ3v) is 5.78. The molecule has 0 radical (unpaired) electrons. The molecule has 0 aliphatic heterocycles. The van der Waals surface area contributed by atoms with E-state index in [1.165, 1.54) is 22.9 Å². The van der Waals surface area contributed by atoms with E-state index >= 15 is 0 Å². The van der Waals surface area contributed by atoms with Gasteiger partial charge in [-0.05, 0) is 69.1 Å². The smallest absolute Gasteiger partial charge is 0.0704 e. The van der Waals surface area contributed by atoms with Crippen LogP contribution in [-0.2, 0) is 0 Å². The monoisotopic (exact) mass is 393 g/mol. The van der Waals surface area contributed by atoms with Crippen LogP contribution in [0, 0.1) is 6.92 Å². The van der Waals surface area contributed by atoms with E-state index in [0.717, 1.165) is 6.54 Å². The summed E-state index contributed by atoms with van der Waals surface area (Å²) in [5, 5.41) is 3.56. The number of aryl methyl sites for hydroxylation is 1. The van der Waals surface area contributed by atoms with Gasteiger partial charge in [0, 0.05) is 9.75 Å². The van der Waals surface area contributed by atoms with Crippen LogP contribution in [0.1, 0.15) is 28.3 Å². The van der Waals surface area contributed by atoms with Crippen molar-refractivity contribution in [3.8, 4) is 0 Å². The molecule has 2 heterocycles. The number of halogens is 2. The minimum Gasteiger partial charge on any atom is -0.306 e. The molecule has 5 heteroatoms. The van der Waals surface area contributed by atoms with Crippen molar-refractivity contribution in [3.05, 3.63) is 41.1 Å². The van der Waals surface area contributed by atoms with Gasteiger partial charge in [0.1, 0.15) is 0 Å². The van der Waals surface area contributed by atoms with Crippen molar-refractivity contribution in [2.75, 3.05) is 6.54 Å². The summed E-state index contributed by atoms with van der Waals surface area (Å²) in [4.78, 5) is 2.72. The highest BCUT2D eigenvalue weighted by Gasteiger charge is 2.18. The van der Waals surface area contributed by atoms with Crippen LogP contribution in [0.4, 0.5) is 0 Å². The van der Waals surface area contributed by atoms with Crippen LogP contribution >= 0.6 is 54.5 Å². The summed E-state index contributed by atoms with van der Waals surface area (Å²) in [7, 11) is 0. The van der Waals surface area contributed by atoms with Crippen LogP contribution in [0.2, 0.25) is 0 Å². The zero-order chi connectivity index (χ0) is 12.4. The Morgan fingerprint density at radius 1 is 1.24 bits per heavy atom. The maximum atomic E-state index is 3.57. The second-order valence-corrected chi connectivity index (χ2v) is 8.82. The number of rotatable bonds is 4. The largest absolute Gasteiger partial charge is 0.306 e. The SMILES string of the molecule is CCNC(c1ccc(Br)s1)c1cc(Br)sc1C. The average molecular weight is 395 g/mol. The predicted molar refractivity (Wildman–Crippen MR) is 84.3 cm³/mol. The van der Waals surface area contributed by atoms with Gasteiger partial charge in [0.2, 0.25) is 0 Å². The molecule has 0 aliphatic rings. The van der Waals surface area contributed by atoms with E-state index < -0.39 is 0 Å². The number of nitrogens with one attached hydrogen (secondary N) is 1. The number of hydrogen-bond acceptors (Lipinski definition) is 3. The quantitative estimate of drug-likeness (QED) is 0.737. The van der Waals surface area contributed by atoms with Crippen LogP contribution in [0.3, 0.4) is 0 Å². The maximum absolute atomic E-state index is 3.57. The fraction of sp³-hybridized carbons (Fsp3) is 0.333. The van der Waals surface area contributed by atoms with Crippen molar-refractivity contribution >= 4 is 54.5 Å². The zero-order valence-electron chi connectivity index (χ0n) is 9.59. The highest BCUT2D eigenvalue weighted by Crippen LogP contribution is 2.37. The first-order valence-electron chi connectivity index (χ1n) is 5.36. The normalized spacial score (nSPS) is 12.9. The van der Waals surface area contributed by atoms with Crippen molar-refractivity contribution in [1.29, 1.82) is 0 Å². The highest BCUT2D eigenvalue weighted by atomic mass is 79.9. The van der Waals surface area contributed by atoms with E-state index in [4.69, 9.17) is 0 Å². The van der Waals surface area contributed by atoms with Crippen molar-refractivity contribution in [2.45, 2.75) is 19.9 Å². The molecule has 0 bridgehead atoms. The van der Waals surface area contributed by atoms with Crippen molar-refractivity contribution in [3.63, 3.8) is 0 Å². The topological polar surface area (TPSA) is 12.0 Å². The lowest BCUT2D eigenvalue weighted by Gasteiger charge is -2.16. The van der Waals surface area contributed by atoms with Crippen molar-refractivity contribution < 1.29 is 0 Å². The third-order valence-electron chi connectivity index (χ3n) is 2.52. The Labute approximate surface area is 127 Å². The zero-order valence-corrected chi connectivity index (χ0v) is 14.4. The fourth-order valence-corrected chi connectivity index (χ4v) is 5.06. The van der Waals surface area contributed by atoms with Gasteiger partial charge < -0.3 is 5.32 Å². The van der Waals surface area contributed by atoms with Gasteiger partial charge in [0.15, 0.2) is 0 Å². The molecule has 2 rings (SSSR count). The Morgan fingerprint density at radius 3 is 2.47 bits per heavy atom. The Hall–Kier alpha value is 0.320. The Kier molecular flexibility index (Phi) is 4.83. The van der Waals surface area contributed by atoms with Crippen LogP contribution in [0.25, 0.3) is 0 Å². The first-order valence-corrected chi connectivity index (χ1v) is 8.58. The summed E-state index contributed by atoms with van der Waals surface area (Å²) in [5.74, 6) is 0. The first-order chi connectivity index (χ1) is 8.11. The molecule has 0 saturated carbocycles. The summed E-state index contributed by atoms with van der Waals surface area (Å²) in [6.45, 7) is 5.29. The highest BCUT2D eigenvalue weighted by molar-refractivity contribution is 9.11. The molecule has 0 spiro atoms. The number of hydrogen-bond donors (Lipinski definition) is 1. The molecule has 1 atom stereocenters. The summed E-state index contributed by atoms with van der Waals surface area (Å²) in [6.07, 6.45) is 0. The van der Waals surface area contributed by atoms with E-state index in [0.29, 0.717) is 6.04 Å². The maximum Gasteiger partial charge on any atom is 0.0704 e. The molecule has 0 fully saturated rings. The van der Waals surface area contributed by atoms with E-state index in [1.807, 2.05) is 0 Å². The summed E-state index contributed by atoms with van der Waals surface area (Å²) >= 11 is 10.7. The van der Waals surface area contributed by atoms with Gasteiger partial charge >= 0.3 is 0 Å². The molecular weight excluding hydrogens is 382 g/mol. The average Bonchev–Trinajstić information content (AvgIpc) is 2.82. The molecule has 17 heavy (non-hydrogen) atoms. The third kappa shape index (κ3) is 3.20. The van der Waals surface area contributed by atoms with Crippen LogP contribution in [0.5, 0.6) is 0 Å². The summed E-state index contributed by atoms with van der Waals surface area (Å²) in [6, 6.07) is 6.83. The minimum absolute atomic E-state index is 0.304. The summed E-state index contributed by atoms with van der Waals surface area (Å²) < 4.78 is 2.38. The molecule has 2 aromatic heterocycles. The summed E-state index contributed by atoms with van der Waals surface area (Å²) in [5.41, 5.74) is 1.37. The van der Waals surface area contributed by atoms with E-state index in [2.05, 4.69) is 69.2 Å². The molecule has 0 saturated heterocycles. The predicted octanol–water partition coefficient (Wildman–Crippen LogP) is 5.34. The molecule has 0 aromatic carbocycles. The second kappa shape index (κ2) is 5.97. The van der Waals surface area contributed by atoms with Crippen LogP contribution in [-0.4, -0.2) is 6.54 Å². The van der Waals surface area contributed by atoms with E-state index in [1.54, 1.807) is 22.7 Å². The molecule has 1 N–H and O–H groups in total. The first kappa shape index (κ1) is 13.7. The van der Waals surface area contributed by atoms with Crippen molar-refractivity contribution in [2.24, 2.45) is 0 Å². The van der Waals surface area contributed by atoms with Gasteiger partial charge in [0.05, 0.1) is 13.6 Å². The van der Waals surface area contributed by atoms with Gasteiger partial charge in [-0.2, -0.15) is 0 Å². The van der Waals surface area contributed by atoms with Crippen molar-refractivity contribution in [1.82, 2.24) is 5.32 Å². The lowest BCUT2D eigenvalue weighted by Crippen LogP contribution is -2.21. The van der Waals surface area contributed by atoms with Crippen LogP contribution in [0.15, 0.2) is 25.8 Å². The van der Waals surface area contributed by atoms with Gasteiger partial charge in [-0.25, -0.2) is 0 Å². The van der Waals surface area contributed by atoms with Gasteiger partial charge in [0.25, 0.3) is 0 Å². The fourth-order valence-electron chi connectivity index (χ4n) is 1.80. The molecule has 92 valence electrons. The molecule has 1 nitrogen and oxygen atoms in total. The van der Waals surface area contributed by atoms with E-state index in [9.17, 15) is 0 Å². The molecule has 2 aromatic rings. The second-order valence-electron chi connectivity index (χ2n) is 3.69. The molecule has 0 aliphatic carbocycles. The Bertz CT molecular complexity index is 504. The molecular formula is C12H13Br2NS2. The van der Waals surface area contributed by atoms with Crippen LogP contribution < -0.4 is 5.32 Å². The van der Waals surface area contributed by atoms with Gasteiger partial charge in [-0.3, -0.25) is 0 Å². The lowest BCUT2D eigenvalue weighted by molar-refractivity contribution is 0.639. The number of thiophene rings is 2. The lowest BCUT2D eigenvalue weighted by atomic mass is 10.1. The Balaban J connectivity index is 2.38. The van der Waals surface area contributed by atoms with Gasteiger partial charge in [-0.15, -0.1) is 22.7 Å². The van der Waals surface area contributed by atoms with Gasteiger partial charge in [-0.1, -0.05) is 6.92 Å². The minimum atomic E-state index is 0.304. The molecule has 0 amide bonds. The standard InChI is InChI=1S/C12H13Br2NS2/c1-3-15-12(9-4-5-10(13)17-9)8-6-11(14)16-7(8)2/h4-6,12,15H,3H2,1-2H3. The molecule has 1 unspecified atom stereocenters.